The smallest absolute Gasteiger partial charge is 0.374 e. The minimum atomic E-state index is -0.487. The Labute approximate surface area is 68.5 Å². The van der Waals surface area contributed by atoms with E-state index in [1.807, 2.05) is 0 Å². The molecular weight excluding hydrogens is 168 g/mol. The molecule has 0 saturated carbocycles. The Balaban J connectivity index is 2.69. The number of halogens is 1. The third kappa shape index (κ3) is 1.94. The highest BCUT2D eigenvalue weighted by atomic mass is 35.5. The first-order valence-electron chi connectivity index (χ1n) is 3.12. The number of aromatic nitrogens is 2. The zero-order valence-corrected chi connectivity index (χ0v) is 6.68. The van der Waals surface area contributed by atoms with Crippen LogP contribution in [0.1, 0.15) is 17.5 Å². The van der Waals surface area contributed by atoms with Crippen molar-refractivity contribution in [3.63, 3.8) is 0 Å². The summed E-state index contributed by atoms with van der Waals surface area (Å²) >= 11 is 5.45. The van der Waals surface area contributed by atoms with E-state index in [1.165, 1.54) is 6.20 Å². The number of nitrogens with one attached hydrogen (secondary N) is 1. The lowest BCUT2D eigenvalue weighted by Crippen LogP contribution is -2.06. The van der Waals surface area contributed by atoms with Crippen LogP contribution in [0.4, 0.5) is 0 Å². The van der Waals surface area contributed by atoms with E-state index in [1.54, 1.807) is 6.92 Å². The number of carbonyl (C=O) groups is 1. The van der Waals surface area contributed by atoms with E-state index < -0.39 is 5.97 Å². The van der Waals surface area contributed by atoms with Crippen LogP contribution in [0.25, 0.3) is 0 Å². The van der Waals surface area contributed by atoms with Crippen molar-refractivity contribution in [1.29, 1.82) is 0 Å². The summed E-state index contributed by atoms with van der Waals surface area (Å²) in [6.45, 7) is 2.06. The zero-order chi connectivity index (χ0) is 8.27. The number of nitrogens with zero attached hydrogens (tertiary/aromatic N) is 1. The lowest BCUT2D eigenvalue weighted by atomic mass is 10.6. The maximum absolute atomic E-state index is 10.9. The van der Waals surface area contributed by atoms with Crippen LogP contribution in [0.2, 0.25) is 5.15 Å². The highest BCUT2D eigenvalue weighted by molar-refractivity contribution is 6.29. The molecule has 4 nitrogen and oxygen atoms in total. The monoisotopic (exact) mass is 174 g/mol. The van der Waals surface area contributed by atoms with E-state index in [9.17, 15) is 4.79 Å². The summed E-state index contributed by atoms with van der Waals surface area (Å²) in [7, 11) is 0. The first-order chi connectivity index (χ1) is 5.24. The Bertz CT molecular complexity index is 259. The zero-order valence-electron chi connectivity index (χ0n) is 5.93. The van der Waals surface area contributed by atoms with Crippen molar-refractivity contribution in [2.24, 2.45) is 0 Å². The molecule has 1 rings (SSSR count). The molecule has 1 aromatic heterocycles. The molecule has 0 aliphatic carbocycles. The van der Waals surface area contributed by atoms with E-state index in [4.69, 9.17) is 11.6 Å². The SMILES string of the molecule is CCOC(=O)c1nc(Cl)c[nH]1. The maximum Gasteiger partial charge on any atom is 0.374 e. The number of H-pyrrole nitrogens is 1. The van der Waals surface area contributed by atoms with Gasteiger partial charge in [-0.1, -0.05) is 11.6 Å². The minimum absolute atomic E-state index is 0.136. The summed E-state index contributed by atoms with van der Waals surface area (Å²) in [4.78, 5) is 17.1. The molecule has 0 aliphatic heterocycles. The van der Waals surface area contributed by atoms with Crippen LogP contribution in [-0.2, 0) is 4.74 Å². The number of hydrogen-bond donors (Lipinski definition) is 1. The van der Waals surface area contributed by atoms with E-state index in [0.29, 0.717) is 6.61 Å². The number of esters is 1. The van der Waals surface area contributed by atoms with Gasteiger partial charge in [0, 0.05) is 6.20 Å². The molecule has 1 heterocycles. The molecule has 5 heteroatoms. The summed E-state index contributed by atoms with van der Waals surface area (Å²) in [6, 6.07) is 0. The number of carbonyl (C=O) groups excluding carboxylic acids is 1. The normalized spacial score (nSPS) is 9.64. The average Bonchev–Trinajstić information content (AvgIpc) is 2.36. The van der Waals surface area contributed by atoms with Crippen LogP contribution >= 0.6 is 11.6 Å². The third-order valence-corrected chi connectivity index (χ3v) is 1.21. The van der Waals surface area contributed by atoms with Crippen molar-refractivity contribution in [2.75, 3.05) is 6.61 Å². The molecule has 60 valence electrons. The third-order valence-electron chi connectivity index (χ3n) is 1.02. The molecule has 0 amide bonds. The number of imidazole rings is 1. The van der Waals surface area contributed by atoms with Gasteiger partial charge >= 0.3 is 5.97 Å². The van der Waals surface area contributed by atoms with Gasteiger partial charge in [0.2, 0.25) is 5.82 Å². The Morgan fingerprint density at radius 3 is 3.09 bits per heavy atom. The molecule has 0 aliphatic rings. The van der Waals surface area contributed by atoms with Crippen molar-refractivity contribution < 1.29 is 9.53 Å². The fraction of sp³-hybridized carbons (Fsp3) is 0.333. The Hall–Kier alpha value is -1.03. The van der Waals surface area contributed by atoms with E-state index in [-0.39, 0.29) is 11.0 Å². The van der Waals surface area contributed by atoms with Crippen LogP contribution in [0.5, 0.6) is 0 Å². The van der Waals surface area contributed by atoms with E-state index >= 15 is 0 Å². The van der Waals surface area contributed by atoms with E-state index in [0.717, 1.165) is 0 Å². The molecule has 0 saturated heterocycles. The van der Waals surface area contributed by atoms with Gasteiger partial charge in [-0.3, -0.25) is 0 Å². The van der Waals surface area contributed by atoms with Crippen LogP contribution in [0.3, 0.4) is 0 Å². The summed E-state index contributed by atoms with van der Waals surface area (Å²) in [5, 5.41) is 0.257. The van der Waals surface area contributed by atoms with Crippen LogP contribution < -0.4 is 0 Å². The highest BCUT2D eigenvalue weighted by Gasteiger charge is 2.09. The van der Waals surface area contributed by atoms with Crippen LogP contribution in [-0.4, -0.2) is 22.5 Å². The number of aromatic amines is 1. The van der Waals surface area contributed by atoms with Gasteiger partial charge in [0.05, 0.1) is 6.61 Å². The van der Waals surface area contributed by atoms with Gasteiger partial charge in [0.15, 0.2) is 0 Å². The van der Waals surface area contributed by atoms with Crippen molar-refractivity contribution >= 4 is 17.6 Å². The fourth-order valence-electron chi connectivity index (χ4n) is 0.603. The average molecular weight is 175 g/mol. The number of rotatable bonds is 2. The predicted octanol–water partition coefficient (Wildman–Crippen LogP) is 1.24. The quantitative estimate of drug-likeness (QED) is 0.687. The molecule has 1 aromatic rings. The summed E-state index contributed by atoms with van der Waals surface area (Å²) in [5.41, 5.74) is 0. The lowest BCUT2D eigenvalue weighted by molar-refractivity contribution is 0.0513. The second-order valence-corrected chi connectivity index (χ2v) is 2.18. The molecule has 0 radical (unpaired) electrons. The van der Waals surface area contributed by atoms with Gasteiger partial charge in [-0.2, -0.15) is 0 Å². The van der Waals surface area contributed by atoms with Gasteiger partial charge in [-0.05, 0) is 6.92 Å². The summed E-state index contributed by atoms with van der Waals surface area (Å²) < 4.78 is 4.65. The fourth-order valence-corrected chi connectivity index (χ4v) is 0.742. The first kappa shape index (κ1) is 8.07. The van der Waals surface area contributed by atoms with Crippen LogP contribution in [0, 0.1) is 0 Å². The predicted molar refractivity (Wildman–Crippen MR) is 39.6 cm³/mol. The lowest BCUT2D eigenvalue weighted by Gasteiger charge is -1.95. The minimum Gasteiger partial charge on any atom is -0.460 e. The van der Waals surface area contributed by atoms with Gasteiger partial charge in [-0.15, -0.1) is 0 Å². The molecule has 0 atom stereocenters. The van der Waals surface area contributed by atoms with Crippen molar-refractivity contribution in [2.45, 2.75) is 6.92 Å². The molecule has 0 aromatic carbocycles. The number of ether oxygens (including phenoxy) is 1. The first-order valence-corrected chi connectivity index (χ1v) is 3.50. The largest absolute Gasteiger partial charge is 0.460 e. The van der Waals surface area contributed by atoms with Crippen molar-refractivity contribution in [3.8, 4) is 0 Å². The molecule has 1 N–H and O–H groups in total. The maximum atomic E-state index is 10.9. The topological polar surface area (TPSA) is 55.0 Å². The van der Waals surface area contributed by atoms with E-state index in [2.05, 4.69) is 14.7 Å². The van der Waals surface area contributed by atoms with Crippen LogP contribution in [0.15, 0.2) is 6.20 Å². The summed E-state index contributed by atoms with van der Waals surface area (Å²) in [6.07, 6.45) is 1.42. The molecule has 0 unspecified atom stereocenters. The second kappa shape index (κ2) is 3.39. The Morgan fingerprint density at radius 2 is 2.64 bits per heavy atom. The van der Waals surface area contributed by atoms with Gasteiger partial charge < -0.3 is 9.72 Å². The van der Waals surface area contributed by atoms with Crippen molar-refractivity contribution in [3.05, 3.63) is 17.2 Å². The standard InChI is InChI=1S/C6H7ClN2O2/c1-2-11-6(10)5-8-3-4(7)9-5/h3H,2H2,1H3,(H,8,9). The molecular formula is C6H7ClN2O2. The molecule has 11 heavy (non-hydrogen) atoms. The number of hydrogen-bond acceptors (Lipinski definition) is 3. The van der Waals surface area contributed by atoms with Gasteiger partial charge in [-0.25, -0.2) is 9.78 Å². The Morgan fingerprint density at radius 1 is 1.91 bits per heavy atom. The second-order valence-electron chi connectivity index (χ2n) is 1.79. The molecule has 0 bridgehead atoms. The molecule has 0 fully saturated rings. The van der Waals surface area contributed by atoms with Gasteiger partial charge in [0.25, 0.3) is 0 Å². The van der Waals surface area contributed by atoms with Crippen molar-refractivity contribution in [1.82, 2.24) is 9.97 Å². The highest BCUT2D eigenvalue weighted by Crippen LogP contribution is 2.03. The molecule has 0 spiro atoms. The van der Waals surface area contributed by atoms with Gasteiger partial charge in [0.1, 0.15) is 5.15 Å². The Kier molecular flexibility index (Phi) is 2.48. The summed E-state index contributed by atoms with van der Waals surface area (Å²) in [5.74, 6) is -0.351.